The van der Waals surface area contributed by atoms with E-state index in [1.807, 2.05) is 36.4 Å². The maximum Gasteiger partial charge on any atom is 0.433 e. The van der Waals surface area contributed by atoms with Crippen LogP contribution in [0.15, 0.2) is 70.2 Å². The van der Waals surface area contributed by atoms with Crippen molar-refractivity contribution in [2.45, 2.75) is 5.92 Å². The molecule has 0 spiro atoms. The third kappa shape index (κ3) is 3.15. The van der Waals surface area contributed by atoms with Gasteiger partial charge in [-0.25, -0.2) is 5.43 Å². The summed E-state index contributed by atoms with van der Waals surface area (Å²) in [5.41, 5.74) is 3.93. The number of nitrogens with zero attached hydrogens (tertiary/aromatic N) is 2. The molecule has 1 aromatic heterocycles. The fraction of sp³-hybridized carbons (Fsp3) is 0.0526. The Hall–Kier alpha value is -3.94. The second-order valence-electron chi connectivity index (χ2n) is 5.78. The van der Waals surface area contributed by atoms with E-state index >= 15 is 0 Å². The van der Waals surface area contributed by atoms with Gasteiger partial charge in [0.05, 0.1) is 18.2 Å². The van der Waals surface area contributed by atoms with Crippen LogP contribution in [0.3, 0.4) is 0 Å². The SMILES string of the molecule is O=C(N/N=C\c1ccc([N+](=O)[O-])o1)C1c2ccccc2Oc2ccccc21. The number of hydrogen-bond acceptors (Lipinski definition) is 6. The van der Waals surface area contributed by atoms with E-state index in [1.54, 1.807) is 12.1 Å². The Labute approximate surface area is 153 Å². The first-order valence-electron chi connectivity index (χ1n) is 8.06. The second-order valence-corrected chi connectivity index (χ2v) is 5.78. The molecule has 2 heterocycles. The number of rotatable bonds is 4. The van der Waals surface area contributed by atoms with Gasteiger partial charge in [0, 0.05) is 11.1 Å². The normalized spacial score (nSPS) is 12.9. The molecule has 0 saturated heterocycles. The summed E-state index contributed by atoms with van der Waals surface area (Å²) in [5.74, 6) is 0.0542. The van der Waals surface area contributed by atoms with Gasteiger partial charge in [-0.15, -0.1) is 0 Å². The number of para-hydroxylation sites is 2. The molecule has 1 aliphatic heterocycles. The fourth-order valence-electron chi connectivity index (χ4n) is 2.93. The lowest BCUT2D eigenvalue weighted by atomic mass is 9.87. The van der Waals surface area contributed by atoms with Crippen LogP contribution < -0.4 is 10.2 Å². The Balaban J connectivity index is 1.58. The molecule has 0 unspecified atom stereocenters. The Kier molecular flexibility index (Phi) is 4.13. The van der Waals surface area contributed by atoms with Gasteiger partial charge in [0.25, 0.3) is 5.91 Å². The molecular weight excluding hydrogens is 350 g/mol. The zero-order valence-corrected chi connectivity index (χ0v) is 13.9. The smallest absolute Gasteiger partial charge is 0.433 e. The van der Waals surface area contributed by atoms with E-state index < -0.39 is 16.7 Å². The molecule has 3 aromatic rings. The van der Waals surface area contributed by atoms with Crippen molar-refractivity contribution in [3.8, 4) is 11.5 Å². The van der Waals surface area contributed by atoms with Crippen LogP contribution in [0.5, 0.6) is 11.5 Å². The van der Waals surface area contributed by atoms with Crippen LogP contribution in [-0.2, 0) is 4.79 Å². The number of nitrogens with one attached hydrogen (secondary N) is 1. The first-order valence-corrected chi connectivity index (χ1v) is 8.06. The summed E-state index contributed by atoms with van der Waals surface area (Å²) in [5, 5.41) is 14.5. The first kappa shape index (κ1) is 16.5. The average Bonchev–Trinajstić information content (AvgIpc) is 3.15. The number of carbonyl (C=O) groups excluding carboxylic acids is 1. The number of furan rings is 1. The van der Waals surface area contributed by atoms with E-state index in [1.165, 1.54) is 18.3 Å². The molecule has 0 bridgehead atoms. The summed E-state index contributed by atoms with van der Waals surface area (Å²) >= 11 is 0. The van der Waals surface area contributed by atoms with Gasteiger partial charge in [-0.2, -0.15) is 5.10 Å². The molecule has 0 fully saturated rings. The molecule has 0 atom stereocenters. The molecular formula is C19H13N3O5. The minimum Gasteiger partial charge on any atom is -0.457 e. The molecule has 0 aliphatic carbocycles. The van der Waals surface area contributed by atoms with Crippen LogP contribution in [-0.4, -0.2) is 17.0 Å². The number of hydrazone groups is 1. The molecule has 0 radical (unpaired) electrons. The van der Waals surface area contributed by atoms with Gasteiger partial charge in [-0.3, -0.25) is 14.9 Å². The average molecular weight is 363 g/mol. The Bertz CT molecular complexity index is 1010. The minimum absolute atomic E-state index is 0.162. The molecule has 27 heavy (non-hydrogen) atoms. The molecule has 134 valence electrons. The van der Waals surface area contributed by atoms with Gasteiger partial charge < -0.3 is 9.15 Å². The van der Waals surface area contributed by atoms with Crippen LogP contribution in [0.4, 0.5) is 5.88 Å². The summed E-state index contributed by atoms with van der Waals surface area (Å²) in [7, 11) is 0. The number of benzene rings is 2. The Morgan fingerprint density at radius 3 is 2.26 bits per heavy atom. The maximum atomic E-state index is 12.8. The molecule has 1 aliphatic rings. The lowest BCUT2D eigenvalue weighted by molar-refractivity contribution is -0.402. The van der Waals surface area contributed by atoms with Crippen molar-refractivity contribution in [2.24, 2.45) is 5.10 Å². The van der Waals surface area contributed by atoms with Gasteiger partial charge in [-0.1, -0.05) is 36.4 Å². The number of amides is 1. The number of nitro groups is 1. The van der Waals surface area contributed by atoms with E-state index in [0.717, 1.165) is 11.1 Å². The topological polar surface area (TPSA) is 107 Å². The highest BCUT2D eigenvalue weighted by atomic mass is 16.6. The molecule has 2 aromatic carbocycles. The molecule has 1 N–H and O–H groups in total. The largest absolute Gasteiger partial charge is 0.457 e. The highest BCUT2D eigenvalue weighted by Crippen LogP contribution is 2.43. The highest BCUT2D eigenvalue weighted by molar-refractivity contribution is 5.90. The van der Waals surface area contributed by atoms with E-state index in [4.69, 9.17) is 9.15 Å². The van der Waals surface area contributed by atoms with Crippen molar-refractivity contribution in [1.82, 2.24) is 5.43 Å². The summed E-state index contributed by atoms with van der Waals surface area (Å²) < 4.78 is 10.8. The van der Waals surface area contributed by atoms with E-state index in [9.17, 15) is 14.9 Å². The van der Waals surface area contributed by atoms with Gasteiger partial charge in [0.1, 0.15) is 16.4 Å². The lowest BCUT2D eigenvalue weighted by Crippen LogP contribution is -2.28. The standard InChI is InChI=1S/C19H13N3O5/c23-19(21-20-11-12-9-10-17(26-12)22(24)25)18-13-5-1-3-7-15(13)27-16-8-4-2-6-14(16)18/h1-11,18H,(H,21,23)/b20-11-. The van der Waals surface area contributed by atoms with Crippen LogP contribution in [0, 0.1) is 10.1 Å². The van der Waals surface area contributed by atoms with Crippen LogP contribution in [0.25, 0.3) is 0 Å². The van der Waals surface area contributed by atoms with Crippen molar-refractivity contribution in [1.29, 1.82) is 0 Å². The summed E-state index contributed by atoms with van der Waals surface area (Å²) in [6, 6.07) is 17.2. The number of carbonyl (C=O) groups is 1. The molecule has 8 nitrogen and oxygen atoms in total. The van der Waals surface area contributed by atoms with Crippen LogP contribution >= 0.6 is 0 Å². The van der Waals surface area contributed by atoms with Gasteiger partial charge in [-0.05, 0) is 18.2 Å². The zero-order chi connectivity index (χ0) is 18.8. The number of fused-ring (bicyclic) bond motifs is 2. The molecule has 1 amide bonds. The predicted molar refractivity (Wildman–Crippen MR) is 95.9 cm³/mol. The third-order valence-corrected chi connectivity index (χ3v) is 4.10. The quantitative estimate of drug-likeness (QED) is 0.433. The van der Waals surface area contributed by atoms with Gasteiger partial charge in [0.15, 0.2) is 5.76 Å². The van der Waals surface area contributed by atoms with Crippen LogP contribution in [0.2, 0.25) is 0 Å². The lowest BCUT2D eigenvalue weighted by Gasteiger charge is -2.26. The maximum absolute atomic E-state index is 12.8. The van der Waals surface area contributed by atoms with Crippen molar-refractivity contribution in [3.63, 3.8) is 0 Å². The van der Waals surface area contributed by atoms with Gasteiger partial charge >= 0.3 is 5.88 Å². The van der Waals surface area contributed by atoms with E-state index in [-0.39, 0.29) is 11.7 Å². The Morgan fingerprint density at radius 2 is 1.67 bits per heavy atom. The second kappa shape index (κ2) is 6.75. The summed E-state index contributed by atoms with van der Waals surface area (Å²) in [6.45, 7) is 0. The predicted octanol–water partition coefficient (Wildman–Crippen LogP) is 3.58. The summed E-state index contributed by atoms with van der Waals surface area (Å²) in [6.07, 6.45) is 1.21. The molecule has 0 saturated carbocycles. The van der Waals surface area contributed by atoms with Gasteiger partial charge in [0.2, 0.25) is 0 Å². The first-order chi connectivity index (χ1) is 13.1. The number of hydrogen-bond donors (Lipinski definition) is 1. The zero-order valence-electron chi connectivity index (χ0n) is 13.9. The fourth-order valence-corrected chi connectivity index (χ4v) is 2.93. The highest BCUT2D eigenvalue weighted by Gasteiger charge is 2.32. The van der Waals surface area contributed by atoms with Crippen molar-refractivity contribution in [3.05, 3.63) is 87.7 Å². The molecule has 4 rings (SSSR count). The van der Waals surface area contributed by atoms with Crippen molar-refractivity contribution in [2.75, 3.05) is 0 Å². The monoisotopic (exact) mass is 363 g/mol. The van der Waals surface area contributed by atoms with E-state index in [0.29, 0.717) is 11.5 Å². The van der Waals surface area contributed by atoms with Crippen LogP contribution in [0.1, 0.15) is 22.8 Å². The Morgan fingerprint density at radius 1 is 1.04 bits per heavy atom. The van der Waals surface area contributed by atoms with Crippen molar-refractivity contribution < 1.29 is 18.9 Å². The molecule has 8 heteroatoms. The summed E-state index contributed by atoms with van der Waals surface area (Å²) in [4.78, 5) is 22.8. The minimum atomic E-state index is -0.647. The van der Waals surface area contributed by atoms with E-state index in [2.05, 4.69) is 10.5 Å². The number of ether oxygens (including phenoxy) is 1. The van der Waals surface area contributed by atoms with Crippen molar-refractivity contribution >= 4 is 18.0 Å². The third-order valence-electron chi connectivity index (χ3n) is 4.10.